The molecule has 0 aliphatic rings. The molecule has 17 heavy (non-hydrogen) atoms. The van der Waals surface area contributed by atoms with Gasteiger partial charge in [-0.25, -0.2) is 9.67 Å². The highest BCUT2D eigenvalue weighted by Gasteiger charge is 2.06. The van der Waals surface area contributed by atoms with Crippen LogP contribution in [0.1, 0.15) is 52.3 Å². The summed E-state index contributed by atoms with van der Waals surface area (Å²) >= 11 is 0. The Hall–Kier alpha value is -0.900. The van der Waals surface area contributed by atoms with Crippen molar-refractivity contribution in [3.05, 3.63) is 12.2 Å². The zero-order valence-electron chi connectivity index (χ0n) is 11.4. The van der Waals surface area contributed by atoms with Crippen molar-refractivity contribution in [3.63, 3.8) is 0 Å². The Morgan fingerprint density at radius 2 is 2.18 bits per heavy atom. The predicted molar refractivity (Wildman–Crippen MR) is 70.7 cm³/mol. The quantitative estimate of drug-likeness (QED) is 0.719. The second kappa shape index (κ2) is 8.23. The molecular weight excluding hydrogens is 212 g/mol. The molecule has 0 aromatic carbocycles. The number of hydrogen-bond acceptors (Lipinski definition) is 3. The molecule has 1 aromatic rings. The Morgan fingerprint density at radius 1 is 1.35 bits per heavy atom. The topological polar surface area (TPSA) is 42.7 Å². The summed E-state index contributed by atoms with van der Waals surface area (Å²) < 4.78 is 1.94. The van der Waals surface area contributed by atoms with Crippen LogP contribution in [0, 0.1) is 5.92 Å². The monoisotopic (exact) mass is 238 g/mol. The van der Waals surface area contributed by atoms with Crippen molar-refractivity contribution in [1.82, 2.24) is 20.1 Å². The van der Waals surface area contributed by atoms with Gasteiger partial charge < -0.3 is 5.32 Å². The van der Waals surface area contributed by atoms with Gasteiger partial charge in [-0.2, -0.15) is 5.10 Å². The number of rotatable bonds is 9. The van der Waals surface area contributed by atoms with Crippen LogP contribution < -0.4 is 5.32 Å². The predicted octanol–water partition coefficient (Wildman–Crippen LogP) is 2.60. The average Bonchev–Trinajstić information content (AvgIpc) is 2.81. The molecule has 4 heteroatoms. The van der Waals surface area contributed by atoms with Crippen LogP contribution in [0.25, 0.3) is 0 Å². The van der Waals surface area contributed by atoms with Gasteiger partial charge >= 0.3 is 0 Å². The van der Waals surface area contributed by atoms with Crippen molar-refractivity contribution in [2.45, 2.75) is 59.5 Å². The lowest BCUT2D eigenvalue weighted by atomic mass is 9.99. The van der Waals surface area contributed by atoms with E-state index in [-0.39, 0.29) is 0 Å². The Bertz CT molecular complexity index is 295. The van der Waals surface area contributed by atoms with E-state index in [2.05, 4.69) is 36.2 Å². The van der Waals surface area contributed by atoms with Crippen molar-refractivity contribution in [2.24, 2.45) is 5.92 Å². The van der Waals surface area contributed by atoms with Crippen LogP contribution >= 0.6 is 0 Å². The number of unbranched alkanes of at least 4 members (excludes halogenated alkanes) is 1. The summed E-state index contributed by atoms with van der Waals surface area (Å²) in [4.78, 5) is 4.26. The molecule has 0 aliphatic heterocycles. The fourth-order valence-electron chi connectivity index (χ4n) is 2.02. The first-order valence-electron chi connectivity index (χ1n) is 6.89. The zero-order chi connectivity index (χ0) is 12.5. The molecule has 98 valence electrons. The molecule has 0 saturated carbocycles. The largest absolute Gasteiger partial charge is 0.310 e. The van der Waals surface area contributed by atoms with E-state index >= 15 is 0 Å². The Kier molecular flexibility index (Phi) is 6.86. The maximum atomic E-state index is 4.26. The molecule has 0 spiro atoms. The van der Waals surface area contributed by atoms with Crippen molar-refractivity contribution in [1.29, 1.82) is 0 Å². The van der Waals surface area contributed by atoms with Gasteiger partial charge in [-0.1, -0.05) is 33.1 Å². The third-order valence-corrected chi connectivity index (χ3v) is 3.25. The molecule has 1 N–H and O–H groups in total. The van der Waals surface area contributed by atoms with E-state index in [1.807, 2.05) is 4.68 Å². The van der Waals surface area contributed by atoms with Crippen LogP contribution in [-0.2, 0) is 13.1 Å². The molecule has 0 radical (unpaired) electrons. The summed E-state index contributed by atoms with van der Waals surface area (Å²) in [7, 11) is 0. The molecule has 1 rings (SSSR count). The van der Waals surface area contributed by atoms with E-state index in [0.717, 1.165) is 31.4 Å². The fraction of sp³-hybridized carbons (Fsp3) is 0.846. The van der Waals surface area contributed by atoms with Crippen LogP contribution in [0.2, 0.25) is 0 Å². The Labute approximate surface area is 105 Å². The summed E-state index contributed by atoms with van der Waals surface area (Å²) in [6, 6.07) is 0. The summed E-state index contributed by atoms with van der Waals surface area (Å²) in [5.74, 6) is 1.84. The van der Waals surface area contributed by atoms with Gasteiger partial charge in [0.15, 0.2) is 0 Å². The lowest BCUT2D eigenvalue weighted by molar-refractivity contribution is 0.413. The molecule has 1 atom stereocenters. The van der Waals surface area contributed by atoms with Gasteiger partial charge in [0.1, 0.15) is 12.2 Å². The molecule has 4 nitrogen and oxygen atoms in total. The highest BCUT2D eigenvalue weighted by molar-refractivity contribution is 4.83. The molecule has 1 heterocycles. The summed E-state index contributed by atoms with van der Waals surface area (Å²) in [5, 5.41) is 7.67. The number of aryl methyl sites for hydroxylation is 1. The lowest BCUT2D eigenvalue weighted by Crippen LogP contribution is -2.24. The minimum atomic E-state index is 0.799. The zero-order valence-corrected chi connectivity index (χ0v) is 11.4. The van der Waals surface area contributed by atoms with E-state index < -0.39 is 0 Å². The molecular formula is C13H26N4. The molecule has 0 fully saturated rings. The molecule has 1 aromatic heterocycles. The van der Waals surface area contributed by atoms with Crippen LogP contribution in [0.3, 0.4) is 0 Å². The highest BCUT2D eigenvalue weighted by Crippen LogP contribution is 2.11. The number of hydrogen-bond donors (Lipinski definition) is 1. The van der Waals surface area contributed by atoms with Gasteiger partial charge in [0.25, 0.3) is 0 Å². The first-order chi connectivity index (χ1) is 8.31. The minimum absolute atomic E-state index is 0.799. The maximum absolute atomic E-state index is 4.26. The van der Waals surface area contributed by atoms with Crippen LogP contribution in [0.15, 0.2) is 6.33 Å². The number of nitrogens with zero attached hydrogens (tertiary/aromatic N) is 3. The second-order valence-corrected chi connectivity index (χ2v) is 4.54. The van der Waals surface area contributed by atoms with Crippen molar-refractivity contribution >= 4 is 0 Å². The van der Waals surface area contributed by atoms with Gasteiger partial charge in [0.2, 0.25) is 0 Å². The Balaban J connectivity index is 2.26. The van der Waals surface area contributed by atoms with E-state index in [0.29, 0.717) is 0 Å². The fourth-order valence-corrected chi connectivity index (χ4v) is 2.02. The average molecular weight is 238 g/mol. The third kappa shape index (κ3) is 4.86. The number of nitrogens with one attached hydrogen (secondary N) is 1. The van der Waals surface area contributed by atoms with Gasteiger partial charge in [-0.15, -0.1) is 0 Å². The first-order valence-corrected chi connectivity index (χ1v) is 6.89. The summed E-state index contributed by atoms with van der Waals surface area (Å²) in [6.45, 7) is 9.43. The normalized spacial score (nSPS) is 12.9. The van der Waals surface area contributed by atoms with Crippen molar-refractivity contribution in [2.75, 3.05) is 6.54 Å². The highest BCUT2D eigenvalue weighted by atomic mass is 15.3. The lowest BCUT2D eigenvalue weighted by Gasteiger charge is -2.15. The van der Waals surface area contributed by atoms with Crippen molar-refractivity contribution in [3.8, 4) is 0 Å². The third-order valence-electron chi connectivity index (χ3n) is 3.25. The summed E-state index contributed by atoms with van der Waals surface area (Å²) in [5.41, 5.74) is 0. The van der Waals surface area contributed by atoms with E-state index in [1.54, 1.807) is 6.33 Å². The van der Waals surface area contributed by atoms with E-state index in [1.165, 1.54) is 25.7 Å². The smallest absolute Gasteiger partial charge is 0.140 e. The molecule has 0 saturated heterocycles. The van der Waals surface area contributed by atoms with Gasteiger partial charge in [0, 0.05) is 6.54 Å². The SMILES string of the molecule is CCCCC(CC)CNCc1ncnn1CC. The standard InChI is InChI=1S/C13H26N4/c1-4-7-8-12(5-2)9-14-10-13-15-11-16-17(13)6-3/h11-12,14H,4-10H2,1-3H3. The Morgan fingerprint density at radius 3 is 2.82 bits per heavy atom. The molecule has 1 unspecified atom stereocenters. The summed E-state index contributed by atoms with van der Waals surface area (Å²) in [6.07, 6.45) is 6.86. The first kappa shape index (κ1) is 14.2. The van der Waals surface area contributed by atoms with Gasteiger partial charge in [0.05, 0.1) is 6.54 Å². The molecule has 0 amide bonds. The van der Waals surface area contributed by atoms with Crippen molar-refractivity contribution < 1.29 is 0 Å². The number of aromatic nitrogens is 3. The van der Waals surface area contributed by atoms with E-state index in [4.69, 9.17) is 0 Å². The minimum Gasteiger partial charge on any atom is -0.310 e. The maximum Gasteiger partial charge on any atom is 0.140 e. The van der Waals surface area contributed by atoms with Crippen LogP contribution in [0.5, 0.6) is 0 Å². The van der Waals surface area contributed by atoms with Gasteiger partial charge in [-0.05, 0) is 25.8 Å². The molecule has 0 aliphatic carbocycles. The van der Waals surface area contributed by atoms with E-state index in [9.17, 15) is 0 Å². The van der Waals surface area contributed by atoms with Gasteiger partial charge in [-0.3, -0.25) is 0 Å². The molecule has 0 bridgehead atoms. The van der Waals surface area contributed by atoms with Crippen LogP contribution in [-0.4, -0.2) is 21.3 Å². The van der Waals surface area contributed by atoms with Crippen LogP contribution in [0.4, 0.5) is 0 Å². The second-order valence-electron chi connectivity index (χ2n) is 4.54.